The number of ether oxygens (including phenoxy) is 1. The van der Waals surface area contributed by atoms with E-state index in [1.807, 2.05) is 30.2 Å². The van der Waals surface area contributed by atoms with E-state index in [9.17, 15) is 32.3 Å². The summed E-state index contributed by atoms with van der Waals surface area (Å²) in [5.41, 5.74) is 7.09. The van der Waals surface area contributed by atoms with Gasteiger partial charge >= 0.3 is 17.8 Å². The normalized spacial score (nSPS) is 23.7. The van der Waals surface area contributed by atoms with Gasteiger partial charge in [-0.25, -0.2) is 9.59 Å². The first kappa shape index (κ1) is 45.6. The Kier molecular flexibility index (Phi) is 12.8. The number of nitrogens with one attached hydrogen (secondary N) is 2. The summed E-state index contributed by atoms with van der Waals surface area (Å²) in [4.78, 5) is 59.8. The number of carbonyl (C=O) groups is 3. The van der Waals surface area contributed by atoms with Crippen LogP contribution in [0.5, 0.6) is 0 Å². The van der Waals surface area contributed by atoms with Gasteiger partial charge in [-0.2, -0.15) is 22.8 Å². The lowest BCUT2D eigenvalue weighted by atomic mass is 9.95. The Hall–Kier alpha value is -6.21. The predicted molar refractivity (Wildman–Crippen MR) is 248 cm³/mol. The summed E-state index contributed by atoms with van der Waals surface area (Å²) in [6.45, 7) is 7.50. The average molecular weight is 934 g/mol. The van der Waals surface area contributed by atoms with Crippen LogP contribution in [0.2, 0.25) is 0 Å². The highest BCUT2D eigenvalue weighted by Crippen LogP contribution is 2.34. The highest BCUT2D eigenvalue weighted by atomic mass is 19.4. The zero-order valence-corrected chi connectivity index (χ0v) is 38.1. The standard InChI is InChI=1S/C50H55F3N10O5/c1-57-32-54-56-45(57)22-35-4-2-5-40(20-35)62-30-44-43(50(51,52)53)21-36(26-63(44)49(62)67)25-59-15-3-6-41(29-59)68-31-34-9-7-33(8-10-34)24-58-16-18-60(19-17-58)39-12-13-42-38(23-39)28-61(48(42)66)27-37-11-14-46(64)55-47(37)65/h2,4-5,7-10,13,20-21,23,26-27,30,37,39,41,54H,3,6,11-12,14-19,22,24-25,28-29,31-32H2,1H3/p+1/b61-27+/t37?,39?,41-/m0/s1. The zero-order chi connectivity index (χ0) is 47.1. The van der Waals surface area contributed by atoms with E-state index >= 15 is 0 Å². The monoisotopic (exact) mass is 933 g/mol. The second-order valence-corrected chi connectivity index (χ2v) is 18.9. The minimum atomic E-state index is -4.67. The Labute approximate surface area is 391 Å². The SMILES string of the molecule is CN1CNN=C1Cc1cccc(-n2cc3c(C(F)(F)F)cc(CN4CCC[C@H](OCc5ccc(CN6CCN(C7C=C8C/[N+](=C\C9CCC(=O)NC9=O)C(=O)C8=CC7)CC6)cc5)C4)cn3c2=O)c1. The lowest BCUT2D eigenvalue weighted by Crippen LogP contribution is -2.49. The van der Waals surface area contributed by atoms with Crippen molar-refractivity contribution in [3.63, 3.8) is 0 Å². The summed E-state index contributed by atoms with van der Waals surface area (Å²) in [6, 6.07) is 17.1. The molecule has 68 heavy (non-hydrogen) atoms. The van der Waals surface area contributed by atoms with Gasteiger partial charge in [0.05, 0.1) is 35.1 Å². The summed E-state index contributed by atoms with van der Waals surface area (Å²) in [5, 5.41) is 6.67. The van der Waals surface area contributed by atoms with E-state index in [4.69, 9.17) is 4.74 Å². The van der Waals surface area contributed by atoms with Crippen LogP contribution in [0.25, 0.3) is 11.2 Å². The number of pyridine rings is 1. The van der Waals surface area contributed by atoms with Crippen molar-refractivity contribution < 1.29 is 36.9 Å². The molecule has 4 fully saturated rings. The zero-order valence-electron chi connectivity index (χ0n) is 38.1. The second kappa shape index (κ2) is 19.1. The van der Waals surface area contributed by atoms with Crippen molar-refractivity contribution in [1.29, 1.82) is 0 Å². The lowest BCUT2D eigenvalue weighted by molar-refractivity contribution is -0.424. The molecule has 356 valence electrons. The molecule has 2 aromatic carbocycles. The number of imidazole rings is 1. The van der Waals surface area contributed by atoms with Crippen molar-refractivity contribution in [2.45, 2.75) is 76.5 Å². The highest BCUT2D eigenvalue weighted by Gasteiger charge is 2.41. The molecule has 3 atom stereocenters. The van der Waals surface area contributed by atoms with E-state index < -0.39 is 23.3 Å². The number of carbonyl (C=O) groups excluding carboxylic acids is 3. The third-order valence-corrected chi connectivity index (χ3v) is 14.1. The number of rotatable bonds is 12. The van der Waals surface area contributed by atoms with Gasteiger partial charge in [-0.3, -0.25) is 44.0 Å². The molecule has 4 aromatic rings. The molecular formula is C50H56F3N10O5+. The molecule has 15 nitrogen and oxygen atoms in total. The van der Waals surface area contributed by atoms with Gasteiger partial charge in [-0.05, 0) is 72.7 Å². The van der Waals surface area contributed by atoms with Gasteiger partial charge in [-0.15, -0.1) is 0 Å². The highest BCUT2D eigenvalue weighted by molar-refractivity contribution is 6.06. The van der Waals surface area contributed by atoms with E-state index in [-0.39, 0.29) is 48.3 Å². The number of hydrazone groups is 1. The largest absolute Gasteiger partial charge is 0.419 e. The molecule has 6 aliphatic rings. The molecule has 2 N–H and O–H groups in total. The van der Waals surface area contributed by atoms with Gasteiger partial charge in [0.25, 0.3) is 0 Å². The maximum Gasteiger partial charge on any atom is 0.419 e. The number of aromatic nitrogens is 2. The minimum absolute atomic E-state index is 0.0828. The molecule has 4 saturated heterocycles. The summed E-state index contributed by atoms with van der Waals surface area (Å²) in [7, 11) is 1.92. The molecule has 0 bridgehead atoms. The van der Waals surface area contributed by atoms with E-state index in [0.717, 1.165) is 84.5 Å². The van der Waals surface area contributed by atoms with E-state index in [0.29, 0.717) is 57.0 Å². The molecule has 1 aliphatic carbocycles. The Morgan fingerprint density at radius 3 is 2.46 bits per heavy atom. The van der Waals surface area contributed by atoms with Gasteiger partial charge in [0.1, 0.15) is 18.4 Å². The first-order chi connectivity index (χ1) is 32.8. The molecule has 0 radical (unpaired) electrons. The second-order valence-electron chi connectivity index (χ2n) is 18.9. The predicted octanol–water partition coefficient (Wildman–Crippen LogP) is 4.06. The number of hydrogen-bond acceptors (Lipinski definition) is 11. The van der Waals surface area contributed by atoms with Gasteiger partial charge in [0, 0.05) is 89.7 Å². The Bertz CT molecular complexity index is 2800. The van der Waals surface area contributed by atoms with Crippen LogP contribution < -0.4 is 16.4 Å². The van der Waals surface area contributed by atoms with Crippen molar-refractivity contribution in [3.05, 3.63) is 129 Å². The van der Waals surface area contributed by atoms with Crippen LogP contribution in [0.15, 0.2) is 100 Å². The molecule has 2 unspecified atom stereocenters. The molecule has 10 rings (SSSR count). The van der Waals surface area contributed by atoms with Crippen molar-refractivity contribution in [3.8, 4) is 5.69 Å². The van der Waals surface area contributed by atoms with Crippen LogP contribution >= 0.6 is 0 Å². The van der Waals surface area contributed by atoms with Crippen molar-refractivity contribution >= 4 is 35.3 Å². The van der Waals surface area contributed by atoms with Crippen LogP contribution in [0.4, 0.5) is 13.2 Å². The van der Waals surface area contributed by atoms with Crippen molar-refractivity contribution in [2.24, 2.45) is 11.0 Å². The molecule has 3 amide bonds. The Morgan fingerprint density at radius 1 is 0.897 bits per heavy atom. The third kappa shape index (κ3) is 9.86. The Balaban J connectivity index is 0.708. The molecule has 18 heteroatoms. The molecule has 7 heterocycles. The molecule has 0 saturated carbocycles. The average Bonchev–Trinajstić information content (AvgIpc) is 3.99. The van der Waals surface area contributed by atoms with Gasteiger partial charge in [0.15, 0.2) is 12.8 Å². The van der Waals surface area contributed by atoms with Gasteiger partial charge in [-0.1, -0.05) is 48.6 Å². The number of halogens is 3. The quantitative estimate of drug-likeness (QED) is 0.158. The fraction of sp³-hybridized carbons (Fsp3) is 0.440. The van der Waals surface area contributed by atoms with Crippen molar-refractivity contribution in [1.82, 2.24) is 39.3 Å². The number of piperazine rings is 1. The number of alkyl halides is 3. The fourth-order valence-corrected chi connectivity index (χ4v) is 10.3. The summed E-state index contributed by atoms with van der Waals surface area (Å²) in [6.07, 6.45) is 7.67. The Morgan fingerprint density at radius 2 is 1.69 bits per heavy atom. The first-order valence-corrected chi connectivity index (χ1v) is 23.5. The van der Waals surface area contributed by atoms with Crippen molar-refractivity contribution in [2.75, 3.05) is 59.5 Å². The summed E-state index contributed by atoms with van der Waals surface area (Å²) >= 11 is 0. The molecule has 2 aromatic heterocycles. The smallest absolute Gasteiger partial charge is 0.372 e. The first-order valence-electron chi connectivity index (χ1n) is 23.5. The topological polar surface area (TPSA) is 139 Å². The maximum atomic E-state index is 14.6. The molecule has 5 aliphatic heterocycles. The van der Waals surface area contributed by atoms with Crippen LogP contribution in [0.3, 0.4) is 0 Å². The minimum Gasteiger partial charge on any atom is -0.372 e. The van der Waals surface area contributed by atoms with Gasteiger partial charge in [0.2, 0.25) is 11.8 Å². The number of amidine groups is 1. The van der Waals surface area contributed by atoms with Crippen LogP contribution in [-0.2, 0) is 51.4 Å². The number of benzene rings is 2. The molecular weight excluding hydrogens is 878 g/mol. The van der Waals surface area contributed by atoms with E-state index in [2.05, 4.69) is 60.9 Å². The van der Waals surface area contributed by atoms with Gasteiger partial charge < -0.3 is 9.64 Å². The number of fused-ring (bicyclic) bond motifs is 2. The summed E-state index contributed by atoms with van der Waals surface area (Å²) < 4.78 is 54.2. The van der Waals surface area contributed by atoms with Crippen LogP contribution in [-0.4, -0.2) is 135 Å². The molecule has 0 spiro atoms. The number of likely N-dealkylation sites (N-methyl/N-ethyl adjacent to an activating group) is 1. The van der Waals surface area contributed by atoms with E-state index in [1.165, 1.54) is 28.6 Å². The number of imide groups is 1. The maximum absolute atomic E-state index is 14.6. The number of hydrogen-bond donors (Lipinski definition) is 2. The number of nitrogens with zero attached hydrogens (tertiary/aromatic N) is 8. The fourth-order valence-electron chi connectivity index (χ4n) is 10.3. The van der Waals surface area contributed by atoms with Crippen LogP contribution in [0.1, 0.15) is 59.9 Å². The third-order valence-electron chi connectivity index (χ3n) is 14.1. The summed E-state index contributed by atoms with van der Waals surface area (Å²) in [5.74, 6) is -0.354. The lowest BCUT2D eigenvalue weighted by Gasteiger charge is -2.39. The number of piperidine rings is 2. The van der Waals surface area contributed by atoms with Crippen LogP contribution in [0, 0.1) is 5.92 Å². The number of amides is 3. The van der Waals surface area contributed by atoms with E-state index in [1.54, 1.807) is 22.9 Å². The number of likely N-dealkylation sites (tertiary alicyclic amines) is 1.